The van der Waals surface area contributed by atoms with Gasteiger partial charge in [-0.25, -0.2) is 0 Å². The number of carbonyl (C=O) groups excluding carboxylic acids is 3. The molecule has 8 heteroatoms. The average Bonchev–Trinajstić information content (AvgIpc) is 2.67. The Morgan fingerprint density at radius 3 is 2.50 bits per heavy atom. The molecule has 0 radical (unpaired) electrons. The van der Waals surface area contributed by atoms with Gasteiger partial charge < -0.3 is 15.4 Å². The van der Waals surface area contributed by atoms with Gasteiger partial charge >= 0.3 is 5.97 Å². The first kappa shape index (κ1) is 21.8. The summed E-state index contributed by atoms with van der Waals surface area (Å²) in [4.78, 5) is 36.5. The highest BCUT2D eigenvalue weighted by molar-refractivity contribution is 8.00. The molecule has 2 aromatic rings. The Morgan fingerprint density at radius 1 is 0.964 bits per heavy atom. The molecular formula is C20H22N2O4S2. The van der Waals surface area contributed by atoms with Crippen LogP contribution in [0.5, 0.6) is 0 Å². The van der Waals surface area contributed by atoms with Crippen molar-refractivity contribution in [3.63, 3.8) is 0 Å². The molecule has 2 amide bonds. The molecule has 0 aliphatic rings. The van der Waals surface area contributed by atoms with Gasteiger partial charge in [0, 0.05) is 10.6 Å². The van der Waals surface area contributed by atoms with Crippen LogP contribution in [-0.2, 0) is 19.1 Å². The van der Waals surface area contributed by atoms with Crippen LogP contribution in [0.2, 0.25) is 0 Å². The fourth-order valence-corrected chi connectivity index (χ4v) is 3.43. The van der Waals surface area contributed by atoms with Crippen molar-refractivity contribution >= 4 is 52.7 Å². The number of ether oxygens (including phenoxy) is 1. The summed E-state index contributed by atoms with van der Waals surface area (Å²) in [7, 11) is 0. The molecule has 0 saturated carbocycles. The summed E-state index contributed by atoms with van der Waals surface area (Å²) in [6.07, 6.45) is 1.91. The highest BCUT2D eigenvalue weighted by Gasteiger charge is 2.11. The minimum atomic E-state index is -0.540. The van der Waals surface area contributed by atoms with Gasteiger partial charge in [-0.2, -0.15) is 0 Å². The molecule has 0 heterocycles. The Bertz CT molecular complexity index is 842. The summed E-state index contributed by atoms with van der Waals surface area (Å²) < 4.78 is 4.96. The molecule has 0 bridgehead atoms. The Hall–Kier alpha value is -2.45. The van der Waals surface area contributed by atoms with Gasteiger partial charge in [-0.1, -0.05) is 24.3 Å². The van der Waals surface area contributed by atoms with E-state index < -0.39 is 11.9 Å². The molecule has 6 nitrogen and oxygen atoms in total. The van der Waals surface area contributed by atoms with Crippen molar-refractivity contribution < 1.29 is 19.1 Å². The van der Waals surface area contributed by atoms with Crippen molar-refractivity contribution in [2.45, 2.75) is 11.8 Å². The third-order valence-electron chi connectivity index (χ3n) is 3.50. The molecule has 148 valence electrons. The normalized spacial score (nSPS) is 10.2. The minimum Gasteiger partial charge on any atom is -0.455 e. The zero-order chi connectivity index (χ0) is 20.4. The smallest absolute Gasteiger partial charge is 0.316 e. The first-order valence-corrected chi connectivity index (χ1v) is 10.9. The molecule has 2 aromatic carbocycles. The molecule has 0 spiro atoms. The molecule has 0 unspecified atom stereocenters. The van der Waals surface area contributed by atoms with E-state index >= 15 is 0 Å². The van der Waals surface area contributed by atoms with Crippen LogP contribution in [-0.4, -0.2) is 42.2 Å². The molecule has 0 saturated heterocycles. The maximum absolute atomic E-state index is 11.9. The maximum Gasteiger partial charge on any atom is 0.316 e. The molecule has 0 aromatic heterocycles. The van der Waals surface area contributed by atoms with Gasteiger partial charge in [0.25, 0.3) is 5.91 Å². The van der Waals surface area contributed by atoms with Crippen molar-refractivity contribution in [3.05, 3.63) is 54.1 Å². The van der Waals surface area contributed by atoms with Crippen LogP contribution in [0.4, 0.5) is 11.4 Å². The van der Waals surface area contributed by atoms with Crippen LogP contribution in [0.25, 0.3) is 0 Å². The number of para-hydroxylation sites is 1. The Morgan fingerprint density at radius 2 is 1.75 bits per heavy atom. The average molecular weight is 419 g/mol. The predicted molar refractivity (Wildman–Crippen MR) is 115 cm³/mol. The third-order valence-corrected chi connectivity index (χ3v) is 5.20. The number of thioether (sulfide) groups is 2. The Balaban J connectivity index is 1.65. The van der Waals surface area contributed by atoms with E-state index in [1.54, 1.807) is 12.1 Å². The molecule has 2 rings (SSSR count). The van der Waals surface area contributed by atoms with Crippen molar-refractivity contribution in [1.29, 1.82) is 0 Å². The van der Waals surface area contributed by atoms with Crippen molar-refractivity contribution in [2.75, 3.05) is 35.0 Å². The summed E-state index contributed by atoms with van der Waals surface area (Å²) >= 11 is 2.65. The van der Waals surface area contributed by atoms with Crippen molar-refractivity contribution in [1.82, 2.24) is 0 Å². The van der Waals surface area contributed by atoms with Crippen molar-refractivity contribution in [3.8, 4) is 0 Å². The largest absolute Gasteiger partial charge is 0.455 e. The quantitative estimate of drug-likeness (QED) is 0.478. The van der Waals surface area contributed by atoms with Crippen LogP contribution >= 0.6 is 23.5 Å². The lowest BCUT2D eigenvalue weighted by atomic mass is 10.2. The van der Waals surface area contributed by atoms with E-state index in [0.717, 1.165) is 27.9 Å². The second-order valence-corrected chi connectivity index (χ2v) is 7.65. The maximum atomic E-state index is 11.9. The number of benzene rings is 2. The number of hydrogen-bond acceptors (Lipinski definition) is 6. The van der Waals surface area contributed by atoms with E-state index in [1.165, 1.54) is 11.8 Å². The topological polar surface area (TPSA) is 84.5 Å². The highest BCUT2D eigenvalue weighted by atomic mass is 32.2. The lowest BCUT2D eigenvalue weighted by molar-refractivity contribution is -0.144. The van der Waals surface area contributed by atoms with Gasteiger partial charge in [-0.3, -0.25) is 14.4 Å². The van der Waals surface area contributed by atoms with Crippen molar-refractivity contribution in [2.24, 2.45) is 0 Å². The first-order valence-electron chi connectivity index (χ1n) is 8.50. The van der Waals surface area contributed by atoms with Gasteiger partial charge in [0.05, 0.1) is 17.2 Å². The SMILES string of the molecule is CSc1ccccc1NC(=O)COC(=O)CSCC(=O)Nc1cccc(C)c1. The first-order chi connectivity index (χ1) is 13.5. The van der Waals surface area contributed by atoms with E-state index in [0.29, 0.717) is 5.69 Å². The van der Waals surface area contributed by atoms with E-state index in [2.05, 4.69) is 10.6 Å². The Kier molecular flexibility index (Phi) is 8.90. The fraction of sp³-hybridized carbons (Fsp3) is 0.250. The molecule has 2 N–H and O–H groups in total. The number of hydrogen-bond donors (Lipinski definition) is 2. The number of amides is 2. The van der Waals surface area contributed by atoms with Crippen LogP contribution < -0.4 is 10.6 Å². The van der Waals surface area contributed by atoms with Gasteiger partial charge in [0.1, 0.15) is 0 Å². The molecule has 0 atom stereocenters. The monoisotopic (exact) mass is 418 g/mol. The van der Waals surface area contributed by atoms with Gasteiger partial charge in [0.15, 0.2) is 6.61 Å². The summed E-state index contributed by atoms with van der Waals surface area (Å²) in [6.45, 7) is 1.58. The van der Waals surface area contributed by atoms with E-state index in [4.69, 9.17) is 4.74 Å². The molecule has 0 aliphatic heterocycles. The number of carbonyl (C=O) groups is 3. The minimum absolute atomic E-state index is 0.00405. The second kappa shape index (κ2) is 11.4. The molecule has 0 fully saturated rings. The van der Waals surface area contributed by atoms with E-state index in [9.17, 15) is 14.4 Å². The molecule has 0 aliphatic carbocycles. The molecular weight excluding hydrogens is 396 g/mol. The van der Waals surface area contributed by atoms with E-state index in [-0.39, 0.29) is 24.0 Å². The third kappa shape index (κ3) is 7.66. The predicted octanol–water partition coefficient (Wildman–Crippen LogP) is 3.57. The lowest BCUT2D eigenvalue weighted by Gasteiger charge is -2.09. The van der Waals surface area contributed by atoms with E-state index in [1.807, 2.05) is 49.6 Å². The highest BCUT2D eigenvalue weighted by Crippen LogP contribution is 2.24. The number of anilines is 2. The Labute approximate surface area is 172 Å². The summed E-state index contributed by atoms with van der Waals surface area (Å²) in [5.74, 6) is -1.03. The summed E-state index contributed by atoms with van der Waals surface area (Å²) in [5.41, 5.74) is 2.45. The van der Waals surface area contributed by atoms with Gasteiger partial charge in [0.2, 0.25) is 5.91 Å². The van der Waals surface area contributed by atoms with Gasteiger partial charge in [-0.15, -0.1) is 23.5 Å². The molecule has 28 heavy (non-hydrogen) atoms. The zero-order valence-electron chi connectivity index (χ0n) is 15.7. The lowest BCUT2D eigenvalue weighted by Crippen LogP contribution is -2.22. The second-order valence-electron chi connectivity index (χ2n) is 5.82. The number of esters is 1. The van der Waals surface area contributed by atoms with Crippen LogP contribution in [0.1, 0.15) is 5.56 Å². The fourth-order valence-electron chi connectivity index (χ4n) is 2.27. The zero-order valence-corrected chi connectivity index (χ0v) is 17.3. The number of rotatable bonds is 9. The summed E-state index contributed by atoms with van der Waals surface area (Å²) in [6, 6.07) is 14.9. The summed E-state index contributed by atoms with van der Waals surface area (Å²) in [5, 5.41) is 5.48. The van der Waals surface area contributed by atoms with Crippen LogP contribution in [0.3, 0.4) is 0 Å². The standard InChI is InChI=1S/C20H22N2O4S2/c1-14-6-5-7-15(10-14)21-19(24)12-28-13-20(25)26-11-18(23)22-16-8-3-4-9-17(16)27-2/h3-10H,11-13H2,1-2H3,(H,21,24)(H,22,23). The number of aryl methyl sites for hydroxylation is 1. The van der Waals surface area contributed by atoms with Crippen LogP contribution in [0.15, 0.2) is 53.4 Å². The van der Waals surface area contributed by atoms with Crippen LogP contribution in [0, 0.1) is 6.92 Å². The van der Waals surface area contributed by atoms with Gasteiger partial charge in [-0.05, 0) is 43.0 Å². The number of nitrogens with one attached hydrogen (secondary N) is 2.